The number of nitrogens with zero attached hydrogens (tertiary/aromatic N) is 1. The highest BCUT2D eigenvalue weighted by Crippen LogP contribution is 2.36. The monoisotopic (exact) mass is 261 g/mol. The Morgan fingerprint density at radius 1 is 1.26 bits per heavy atom. The van der Waals surface area contributed by atoms with Gasteiger partial charge >= 0.3 is 0 Å². The number of Topliss-reactive ketones (excluding diaryl/α,β-unsaturated/α-hetero) is 1. The minimum Gasteiger partial charge on any atom is -0.504 e. The summed E-state index contributed by atoms with van der Waals surface area (Å²) < 4.78 is 10.9. The van der Waals surface area contributed by atoms with Gasteiger partial charge in [-0.2, -0.15) is 0 Å². The first-order chi connectivity index (χ1) is 9.24. The second kappa shape index (κ2) is 4.93. The largest absolute Gasteiger partial charge is 0.504 e. The fourth-order valence-electron chi connectivity index (χ4n) is 2.25. The number of hydrogen-bond donors (Lipinski definition) is 1. The van der Waals surface area contributed by atoms with E-state index in [1.54, 1.807) is 12.1 Å². The van der Waals surface area contributed by atoms with Crippen molar-refractivity contribution in [2.75, 3.05) is 26.3 Å². The van der Waals surface area contributed by atoms with Crippen molar-refractivity contribution in [1.29, 1.82) is 0 Å². The Hall–Kier alpha value is -2.01. The van der Waals surface area contributed by atoms with Gasteiger partial charge < -0.3 is 19.5 Å². The van der Waals surface area contributed by atoms with Gasteiger partial charge in [0.05, 0.1) is 25.2 Å². The summed E-state index contributed by atoms with van der Waals surface area (Å²) in [4.78, 5) is 14.1. The molecule has 100 valence electrons. The maximum Gasteiger partial charge on any atom is 0.179 e. The second-order valence-electron chi connectivity index (χ2n) is 4.60. The first-order valence-electron chi connectivity index (χ1n) is 6.29. The van der Waals surface area contributed by atoms with Crippen LogP contribution in [0.1, 0.15) is 16.8 Å². The van der Waals surface area contributed by atoms with Crippen molar-refractivity contribution in [2.45, 2.75) is 6.42 Å². The smallest absolute Gasteiger partial charge is 0.179 e. The zero-order valence-corrected chi connectivity index (χ0v) is 10.5. The molecule has 0 unspecified atom stereocenters. The van der Waals surface area contributed by atoms with Gasteiger partial charge in [0.1, 0.15) is 5.76 Å². The van der Waals surface area contributed by atoms with Crippen LogP contribution in [0.2, 0.25) is 0 Å². The lowest BCUT2D eigenvalue weighted by atomic mass is 10.0. The molecule has 0 saturated carbocycles. The quantitative estimate of drug-likeness (QED) is 0.830. The van der Waals surface area contributed by atoms with Gasteiger partial charge in [0.2, 0.25) is 0 Å². The predicted octanol–water partition coefficient (Wildman–Crippen LogP) is 1.53. The molecular formula is C14H15NO4. The number of rotatable bonds is 1. The van der Waals surface area contributed by atoms with Gasteiger partial charge in [-0.3, -0.25) is 4.79 Å². The lowest BCUT2D eigenvalue weighted by molar-refractivity contribution is 0.0576. The molecule has 2 aliphatic rings. The van der Waals surface area contributed by atoms with Crippen LogP contribution in [0, 0.1) is 0 Å². The maximum absolute atomic E-state index is 12.0. The van der Waals surface area contributed by atoms with E-state index in [1.807, 2.05) is 6.20 Å². The Kier molecular flexibility index (Phi) is 3.13. The molecule has 0 amide bonds. The van der Waals surface area contributed by atoms with E-state index in [0.717, 1.165) is 13.1 Å². The molecule has 3 rings (SSSR count). The lowest BCUT2D eigenvalue weighted by Gasteiger charge is -2.27. The molecule has 0 bridgehead atoms. The minimum atomic E-state index is -0.0309. The van der Waals surface area contributed by atoms with E-state index in [9.17, 15) is 9.90 Å². The van der Waals surface area contributed by atoms with E-state index in [-0.39, 0.29) is 23.7 Å². The van der Waals surface area contributed by atoms with Crippen molar-refractivity contribution >= 4 is 5.78 Å². The van der Waals surface area contributed by atoms with Crippen molar-refractivity contribution < 1.29 is 19.4 Å². The molecule has 2 heterocycles. The Balaban J connectivity index is 1.85. The molecular weight excluding hydrogens is 246 g/mol. The van der Waals surface area contributed by atoms with Crippen molar-refractivity contribution in [2.24, 2.45) is 0 Å². The summed E-state index contributed by atoms with van der Waals surface area (Å²) in [6.45, 7) is 2.93. The average molecular weight is 261 g/mol. The Labute approximate surface area is 111 Å². The summed E-state index contributed by atoms with van der Waals surface area (Å²) in [5, 5.41) is 9.76. The number of aromatic hydroxyl groups is 1. The Bertz CT molecular complexity index is 532. The van der Waals surface area contributed by atoms with Crippen molar-refractivity contribution in [3.05, 3.63) is 35.7 Å². The first kappa shape index (κ1) is 12.0. The van der Waals surface area contributed by atoms with E-state index in [0.29, 0.717) is 24.5 Å². The average Bonchev–Trinajstić information content (AvgIpc) is 2.41. The van der Waals surface area contributed by atoms with Crippen molar-refractivity contribution in [1.82, 2.24) is 4.90 Å². The Morgan fingerprint density at radius 2 is 2.05 bits per heavy atom. The summed E-state index contributed by atoms with van der Waals surface area (Å²) in [7, 11) is 0. The number of benzene rings is 1. The van der Waals surface area contributed by atoms with Gasteiger partial charge in [-0.1, -0.05) is 6.07 Å². The molecule has 1 fully saturated rings. The topological polar surface area (TPSA) is 59.0 Å². The number of ketones is 1. The summed E-state index contributed by atoms with van der Waals surface area (Å²) >= 11 is 0. The molecule has 5 heteroatoms. The molecule has 1 saturated heterocycles. The summed E-state index contributed by atoms with van der Waals surface area (Å²) in [5.41, 5.74) is 0.444. The number of fused-ring (bicyclic) bond motifs is 1. The SMILES string of the molecule is O=C1CC(=CN2CCOCC2)Oc2c(O)cccc21. The van der Waals surface area contributed by atoms with E-state index in [1.165, 1.54) is 6.07 Å². The maximum atomic E-state index is 12.0. The molecule has 0 aliphatic carbocycles. The van der Waals surface area contributed by atoms with Crippen LogP contribution in [0.4, 0.5) is 0 Å². The molecule has 0 spiro atoms. The minimum absolute atomic E-state index is 0.00146. The van der Waals surface area contributed by atoms with Gasteiger partial charge in [0.25, 0.3) is 0 Å². The number of phenolic OH excluding ortho intramolecular Hbond substituents is 1. The zero-order valence-electron chi connectivity index (χ0n) is 10.5. The summed E-state index contributed by atoms with van der Waals surface area (Å²) in [6.07, 6.45) is 2.07. The lowest BCUT2D eigenvalue weighted by Crippen LogP contribution is -2.33. The number of allylic oxidation sites excluding steroid dienone is 1. The van der Waals surface area contributed by atoms with Crippen molar-refractivity contribution in [3.63, 3.8) is 0 Å². The first-order valence-corrected chi connectivity index (χ1v) is 6.29. The molecule has 19 heavy (non-hydrogen) atoms. The fourth-order valence-corrected chi connectivity index (χ4v) is 2.25. The summed E-state index contributed by atoms with van der Waals surface area (Å²) in [5.74, 6) is 0.800. The molecule has 1 N–H and O–H groups in total. The molecule has 2 aliphatic heterocycles. The third kappa shape index (κ3) is 2.42. The molecule has 0 atom stereocenters. The number of para-hydroxylation sites is 1. The van der Waals surface area contributed by atoms with Gasteiger partial charge in [0.15, 0.2) is 17.3 Å². The number of carbonyl (C=O) groups excluding carboxylic acids is 1. The molecule has 1 aromatic rings. The fraction of sp³-hybridized carbons (Fsp3) is 0.357. The standard InChI is InChI=1S/C14H15NO4/c16-12-3-1-2-11-13(17)8-10(19-14(11)12)9-15-4-6-18-7-5-15/h1-3,9,16H,4-8H2. The van der Waals surface area contributed by atoms with Crippen LogP contribution in [0.25, 0.3) is 0 Å². The highest BCUT2D eigenvalue weighted by Gasteiger charge is 2.25. The third-order valence-corrected chi connectivity index (χ3v) is 3.23. The highest BCUT2D eigenvalue weighted by molar-refractivity contribution is 6.01. The Morgan fingerprint density at radius 3 is 2.84 bits per heavy atom. The third-order valence-electron chi connectivity index (χ3n) is 3.23. The molecule has 0 aromatic heterocycles. The summed E-state index contributed by atoms with van der Waals surface area (Å²) in [6, 6.07) is 4.83. The van der Waals surface area contributed by atoms with Gasteiger partial charge in [-0.05, 0) is 12.1 Å². The zero-order chi connectivity index (χ0) is 13.2. The number of morpholine rings is 1. The van der Waals surface area contributed by atoms with Crippen LogP contribution in [0.5, 0.6) is 11.5 Å². The second-order valence-corrected chi connectivity index (χ2v) is 4.60. The predicted molar refractivity (Wildman–Crippen MR) is 68.2 cm³/mol. The van der Waals surface area contributed by atoms with Crippen LogP contribution in [-0.2, 0) is 4.74 Å². The molecule has 5 nitrogen and oxygen atoms in total. The van der Waals surface area contributed by atoms with Gasteiger partial charge in [0, 0.05) is 19.3 Å². The molecule has 1 aromatic carbocycles. The van der Waals surface area contributed by atoms with Crippen LogP contribution in [0.3, 0.4) is 0 Å². The van der Waals surface area contributed by atoms with Crippen LogP contribution < -0.4 is 4.74 Å². The number of carbonyl (C=O) groups is 1. The van der Waals surface area contributed by atoms with Crippen LogP contribution >= 0.6 is 0 Å². The van der Waals surface area contributed by atoms with Crippen LogP contribution in [-0.4, -0.2) is 42.1 Å². The normalized spacial score (nSPS) is 21.2. The van der Waals surface area contributed by atoms with Crippen molar-refractivity contribution in [3.8, 4) is 11.5 Å². The number of phenols is 1. The van der Waals surface area contributed by atoms with Gasteiger partial charge in [-0.15, -0.1) is 0 Å². The van der Waals surface area contributed by atoms with Crippen LogP contribution in [0.15, 0.2) is 30.2 Å². The van der Waals surface area contributed by atoms with E-state index >= 15 is 0 Å². The number of ether oxygens (including phenoxy) is 2. The molecule has 0 radical (unpaired) electrons. The van der Waals surface area contributed by atoms with E-state index in [4.69, 9.17) is 9.47 Å². The van der Waals surface area contributed by atoms with E-state index in [2.05, 4.69) is 4.90 Å². The van der Waals surface area contributed by atoms with E-state index < -0.39 is 0 Å². The number of hydrogen-bond acceptors (Lipinski definition) is 5. The highest BCUT2D eigenvalue weighted by atomic mass is 16.5. The van der Waals surface area contributed by atoms with Gasteiger partial charge in [-0.25, -0.2) is 0 Å².